The predicted molar refractivity (Wildman–Crippen MR) is 96.7 cm³/mol. The van der Waals surface area contributed by atoms with Gasteiger partial charge < -0.3 is 5.32 Å². The van der Waals surface area contributed by atoms with Crippen molar-refractivity contribution in [3.63, 3.8) is 0 Å². The van der Waals surface area contributed by atoms with Crippen LogP contribution >= 0.6 is 11.6 Å². The third-order valence-electron chi connectivity index (χ3n) is 5.18. The Balaban J connectivity index is 1.56. The third kappa shape index (κ3) is 4.28. The van der Waals surface area contributed by atoms with Gasteiger partial charge in [-0.05, 0) is 44.1 Å². The lowest BCUT2D eigenvalue weighted by molar-refractivity contribution is -0.126. The van der Waals surface area contributed by atoms with Crippen LogP contribution in [0.5, 0.6) is 0 Å². The first-order valence-electron chi connectivity index (χ1n) is 8.87. The molecule has 2 fully saturated rings. The Morgan fingerprint density at radius 2 is 2.08 bits per heavy atom. The fourth-order valence-corrected chi connectivity index (χ4v) is 3.81. The molecule has 0 aliphatic carbocycles. The Labute approximate surface area is 149 Å². The monoisotopic (exact) mass is 350 g/mol. The van der Waals surface area contributed by atoms with Gasteiger partial charge in [-0.2, -0.15) is 0 Å². The number of nitrogens with zero attached hydrogens (tertiary/aromatic N) is 1. The summed E-state index contributed by atoms with van der Waals surface area (Å²) in [5.74, 6) is 0.493. The quantitative estimate of drug-likeness (QED) is 0.778. The molecule has 0 bridgehead atoms. The molecule has 0 aromatic heterocycles. The highest BCUT2D eigenvalue weighted by atomic mass is 35.5. The van der Waals surface area contributed by atoms with E-state index in [1.54, 1.807) is 0 Å². The van der Waals surface area contributed by atoms with Gasteiger partial charge in [-0.3, -0.25) is 15.1 Å². The minimum absolute atomic E-state index is 0.0174. The van der Waals surface area contributed by atoms with Crippen molar-refractivity contribution < 1.29 is 4.79 Å². The number of hydrogen-bond donors (Lipinski definition) is 3. The minimum Gasteiger partial charge on any atom is -0.354 e. The van der Waals surface area contributed by atoms with Crippen LogP contribution in [0.2, 0.25) is 5.02 Å². The maximum atomic E-state index is 12.6. The summed E-state index contributed by atoms with van der Waals surface area (Å²) in [7, 11) is 2.06. The molecule has 1 amide bonds. The van der Waals surface area contributed by atoms with Crippen LogP contribution in [0.25, 0.3) is 0 Å². The van der Waals surface area contributed by atoms with Gasteiger partial charge >= 0.3 is 0 Å². The Bertz CT molecular complexity index is 550. The van der Waals surface area contributed by atoms with E-state index in [9.17, 15) is 4.79 Å². The minimum atomic E-state index is 0.0174. The normalized spacial score (nSPS) is 28.5. The SMILES string of the molecule is CN1CCCCCC1C(=O)NCC1CNNC1c1ccc(Cl)cc1. The molecule has 0 saturated carbocycles. The number of hydrogen-bond acceptors (Lipinski definition) is 4. The molecule has 1 aromatic carbocycles. The van der Waals surface area contributed by atoms with Crippen molar-refractivity contribution in [1.82, 2.24) is 21.1 Å². The van der Waals surface area contributed by atoms with Crippen molar-refractivity contribution >= 4 is 17.5 Å². The number of likely N-dealkylation sites (N-methyl/N-ethyl adjacent to an activating group) is 1. The van der Waals surface area contributed by atoms with Gasteiger partial charge in [0.1, 0.15) is 0 Å². The average Bonchev–Trinajstić information content (AvgIpc) is 2.94. The van der Waals surface area contributed by atoms with E-state index < -0.39 is 0 Å². The summed E-state index contributed by atoms with van der Waals surface area (Å²) in [6, 6.07) is 8.11. The lowest BCUT2D eigenvalue weighted by Gasteiger charge is -2.26. The van der Waals surface area contributed by atoms with Gasteiger partial charge in [-0.25, -0.2) is 5.43 Å². The fourth-order valence-electron chi connectivity index (χ4n) is 3.68. The Kier molecular flexibility index (Phi) is 6.11. The van der Waals surface area contributed by atoms with Gasteiger partial charge in [0.2, 0.25) is 5.91 Å². The van der Waals surface area contributed by atoms with E-state index in [1.807, 2.05) is 24.3 Å². The number of benzene rings is 1. The van der Waals surface area contributed by atoms with Crippen molar-refractivity contribution in [2.45, 2.75) is 37.8 Å². The van der Waals surface area contributed by atoms with E-state index in [-0.39, 0.29) is 18.0 Å². The van der Waals surface area contributed by atoms with Crippen molar-refractivity contribution in [2.75, 3.05) is 26.7 Å². The van der Waals surface area contributed by atoms with E-state index in [0.717, 1.165) is 31.0 Å². The molecule has 3 atom stereocenters. The summed E-state index contributed by atoms with van der Waals surface area (Å²) in [6.45, 7) is 2.53. The van der Waals surface area contributed by atoms with Crippen LogP contribution in [0, 0.1) is 5.92 Å². The standard InChI is InChI=1S/C18H27ClN4O/c1-23-10-4-2-3-5-16(23)18(24)20-11-14-12-21-22-17(14)13-6-8-15(19)9-7-13/h6-9,14,16-17,21-22H,2-5,10-12H2,1H3,(H,20,24). The molecule has 2 aliphatic rings. The second-order valence-electron chi connectivity index (χ2n) is 6.91. The molecule has 2 heterocycles. The zero-order valence-corrected chi connectivity index (χ0v) is 15.0. The van der Waals surface area contributed by atoms with Crippen LogP contribution in [0.4, 0.5) is 0 Å². The average molecular weight is 351 g/mol. The number of amides is 1. The zero-order valence-electron chi connectivity index (χ0n) is 14.2. The van der Waals surface area contributed by atoms with E-state index in [4.69, 9.17) is 11.6 Å². The third-order valence-corrected chi connectivity index (χ3v) is 5.44. The molecule has 2 aliphatic heterocycles. The maximum absolute atomic E-state index is 12.6. The van der Waals surface area contributed by atoms with Crippen molar-refractivity contribution in [3.8, 4) is 0 Å². The van der Waals surface area contributed by atoms with Gasteiger partial charge in [0.05, 0.1) is 12.1 Å². The summed E-state index contributed by atoms with van der Waals surface area (Å²) in [5.41, 5.74) is 7.71. The molecule has 0 spiro atoms. The summed E-state index contributed by atoms with van der Waals surface area (Å²) >= 11 is 5.97. The molecule has 2 saturated heterocycles. The van der Waals surface area contributed by atoms with Crippen LogP contribution in [0.3, 0.4) is 0 Å². The Hall–Kier alpha value is -1.14. The second kappa shape index (κ2) is 8.30. The van der Waals surface area contributed by atoms with E-state index in [2.05, 4.69) is 28.1 Å². The molecule has 6 heteroatoms. The van der Waals surface area contributed by atoms with Crippen LogP contribution in [0.1, 0.15) is 37.3 Å². The van der Waals surface area contributed by atoms with Crippen LogP contribution in [-0.4, -0.2) is 43.5 Å². The first-order valence-corrected chi connectivity index (χ1v) is 9.25. The summed E-state index contributed by atoms with van der Waals surface area (Å²) in [4.78, 5) is 14.8. The van der Waals surface area contributed by atoms with Crippen LogP contribution in [0.15, 0.2) is 24.3 Å². The van der Waals surface area contributed by atoms with Crippen molar-refractivity contribution in [1.29, 1.82) is 0 Å². The van der Waals surface area contributed by atoms with Crippen LogP contribution < -0.4 is 16.2 Å². The molecular formula is C18H27ClN4O. The van der Waals surface area contributed by atoms with Crippen molar-refractivity contribution in [3.05, 3.63) is 34.9 Å². The highest BCUT2D eigenvalue weighted by Gasteiger charge is 2.30. The Morgan fingerprint density at radius 1 is 1.29 bits per heavy atom. The number of likely N-dealkylation sites (tertiary alicyclic amines) is 1. The highest BCUT2D eigenvalue weighted by Crippen LogP contribution is 2.25. The molecule has 5 nitrogen and oxygen atoms in total. The maximum Gasteiger partial charge on any atom is 0.237 e. The fraction of sp³-hybridized carbons (Fsp3) is 0.611. The summed E-state index contributed by atoms with van der Waals surface area (Å²) < 4.78 is 0. The smallest absolute Gasteiger partial charge is 0.237 e. The molecule has 24 heavy (non-hydrogen) atoms. The lowest BCUT2D eigenvalue weighted by atomic mass is 9.95. The number of hydrazine groups is 1. The second-order valence-corrected chi connectivity index (χ2v) is 7.34. The van der Waals surface area contributed by atoms with Gasteiger partial charge in [-0.15, -0.1) is 0 Å². The number of carbonyl (C=O) groups is 1. The first-order chi connectivity index (χ1) is 11.6. The first kappa shape index (κ1) is 17.7. The molecule has 1 aromatic rings. The van der Waals surface area contributed by atoms with Gasteiger partial charge in [0.15, 0.2) is 0 Å². The van der Waals surface area contributed by atoms with Gasteiger partial charge in [0, 0.05) is 24.0 Å². The number of halogens is 1. The molecular weight excluding hydrogens is 324 g/mol. The van der Waals surface area contributed by atoms with E-state index >= 15 is 0 Å². The number of rotatable bonds is 4. The molecule has 0 radical (unpaired) electrons. The lowest BCUT2D eigenvalue weighted by Crippen LogP contribution is -2.46. The zero-order chi connectivity index (χ0) is 16.9. The molecule has 3 N–H and O–H groups in total. The van der Waals surface area contributed by atoms with Crippen LogP contribution in [-0.2, 0) is 4.79 Å². The molecule has 3 unspecified atom stereocenters. The van der Waals surface area contributed by atoms with Gasteiger partial charge in [-0.1, -0.05) is 36.6 Å². The summed E-state index contributed by atoms with van der Waals surface area (Å²) in [5, 5.41) is 3.92. The Morgan fingerprint density at radius 3 is 2.88 bits per heavy atom. The van der Waals surface area contributed by atoms with E-state index in [1.165, 1.54) is 18.4 Å². The topological polar surface area (TPSA) is 56.4 Å². The largest absolute Gasteiger partial charge is 0.354 e. The summed E-state index contributed by atoms with van der Waals surface area (Å²) in [6.07, 6.45) is 4.52. The number of nitrogens with one attached hydrogen (secondary N) is 3. The van der Waals surface area contributed by atoms with E-state index in [0.29, 0.717) is 12.5 Å². The molecule has 3 rings (SSSR count). The van der Waals surface area contributed by atoms with Crippen molar-refractivity contribution in [2.24, 2.45) is 5.92 Å². The van der Waals surface area contributed by atoms with Gasteiger partial charge in [0.25, 0.3) is 0 Å². The predicted octanol–water partition coefficient (Wildman–Crippen LogP) is 2.10. The number of carbonyl (C=O) groups excluding carboxylic acids is 1. The molecule has 132 valence electrons. The highest BCUT2D eigenvalue weighted by molar-refractivity contribution is 6.30.